The third-order valence-corrected chi connectivity index (χ3v) is 6.27. The first-order chi connectivity index (χ1) is 14.3. The molecular weight excluding hydrogens is 413 g/mol. The second-order valence-electron chi connectivity index (χ2n) is 7.38. The number of ether oxygens (including phenoxy) is 1. The summed E-state index contributed by atoms with van der Waals surface area (Å²) in [5.41, 5.74) is 0.576. The Morgan fingerprint density at radius 3 is 2.67 bits per heavy atom. The maximum absolute atomic E-state index is 13.5. The standard InChI is InChI=1S/C20H26FN3O5S/c1-22(12-14-3-4-15(21)11-17(14)30(2)28)19(26)16-13-24(20(27)18(16)25)6-5-23-7-9-29-10-8-23/h3-4,11,25H,5-10,12-13H2,1-2H3. The zero-order valence-corrected chi connectivity index (χ0v) is 17.9. The lowest BCUT2D eigenvalue weighted by Gasteiger charge is -2.28. The van der Waals surface area contributed by atoms with Gasteiger partial charge in [0.15, 0.2) is 5.76 Å². The van der Waals surface area contributed by atoms with E-state index in [0.717, 1.165) is 13.1 Å². The van der Waals surface area contributed by atoms with Crippen molar-refractivity contribution in [2.24, 2.45) is 0 Å². The van der Waals surface area contributed by atoms with Crippen LogP contribution in [0.2, 0.25) is 0 Å². The van der Waals surface area contributed by atoms with Gasteiger partial charge in [0, 0.05) is 50.9 Å². The highest BCUT2D eigenvalue weighted by atomic mass is 32.2. The summed E-state index contributed by atoms with van der Waals surface area (Å²) in [6.07, 6.45) is 1.44. The maximum Gasteiger partial charge on any atom is 0.289 e. The Morgan fingerprint density at radius 1 is 1.30 bits per heavy atom. The highest BCUT2D eigenvalue weighted by molar-refractivity contribution is 7.84. The first-order valence-corrected chi connectivity index (χ1v) is 11.2. The molecule has 0 bridgehead atoms. The molecule has 1 atom stereocenters. The fourth-order valence-corrected chi connectivity index (χ4v) is 4.32. The Labute approximate surface area is 177 Å². The third-order valence-electron chi connectivity index (χ3n) is 5.27. The van der Waals surface area contributed by atoms with Crippen molar-refractivity contribution >= 4 is 22.6 Å². The van der Waals surface area contributed by atoms with E-state index in [0.29, 0.717) is 36.8 Å². The number of nitrogens with zero attached hydrogens (tertiary/aromatic N) is 3. The molecule has 30 heavy (non-hydrogen) atoms. The lowest BCUT2D eigenvalue weighted by atomic mass is 10.1. The topological polar surface area (TPSA) is 90.4 Å². The molecule has 0 aromatic heterocycles. The van der Waals surface area contributed by atoms with Crippen molar-refractivity contribution in [2.45, 2.75) is 11.4 Å². The van der Waals surface area contributed by atoms with Gasteiger partial charge in [0.05, 0.1) is 36.1 Å². The molecule has 1 N–H and O–H groups in total. The quantitative estimate of drug-likeness (QED) is 0.666. The summed E-state index contributed by atoms with van der Waals surface area (Å²) in [5.74, 6) is -2.09. The maximum atomic E-state index is 13.5. The summed E-state index contributed by atoms with van der Waals surface area (Å²) >= 11 is 0. The van der Waals surface area contributed by atoms with Crippen molar-refractivity contribution in [2.75, 3.05) is 59.2 Å². The molecule has 2 aliphatic rings. The van der Waals surface area contributed by atoms with Crippen LogP contribution in [0.3, 0.4) is 0 Å². The number of carbonyl (C=O) groups excluding carboxylic acids is 2. The van der Waals surface area contributed by atoms with Crippen LogP contribution in [-0.4, -0.2) is 95.1 Å². The molecule has 2 heterocycles. The van der Waals surface area contributed by atoms with E-state index < -0.39 is 34.2 Å². The van der Waals surface area contributed by atoms with Crippen LogP contribution in [0.1, 0.15) is 5.56 Å². The van der Waals surface area contributed by atoms with E-state index in [1.807, 2.05) is 0 Å². The summed E-state index contributed by atoms with van der Waals surface area (Å²) < 4.78 is 30.7. The van der Waals surface area contributed by atoms with E-state index >= 15 is 0 Å². The molecule has 1 saturated heterocycles. The molecule has 164 valence electrons. The zero-order valence-electron chi connectivity index (χ0n) is 17.1. The van der Waals surface area contributed by atoms with Crippen LogP contribution >= 0.6 is 0 Å². The van der Waals surface area contributed by atoms with E-state index in [-0.39, 0.29) is 18.7 Å². The summed E-state index contributed by atoms with van der Waals surface area (Å²) in [6.45, 7) is 4.03. The number of amides is 2. The smallest absolute Gasteiger partial charge is 0.289 e. The summed E-state index contributed by atoms with van der Waals surface area (Å²) in [7, 11) is 0.102. The van der Waals surface area contributed by atoms with Gasteiger partial charge in [-0.1, -0.05) is 6.07 Å². The van der Waals surface area contributed by atoms with Crippen LogP contribution in [0.15, 0.2) is 34.4 Å². The Bertz CT molecular complexity index is 885. The summed E-state index contributed by atoms with van der Waals surface area (Å²) in [6, 6.07) is 3.92. The van der Waals surface area contributed by atoms with Crippen LogP contribution in [0.25, 0.3) is 0 Å². The molecule has 1 aromatic carbocycles. The van der Waals surface area contributed by atoms with Crippen molar-refractivity contribution in [1.82, 2.24) is 14.7 Å². The lowest BCUT2D eigenvalue weighted by molar-refractivity contribution is -0.128. The molecule has 0 spiro atoms. The average Bonchev–Trinajstić information content (AvgIpc) is 3.02. The normalized spacial score (nSPS) is 18.8. The lowest BCUT2D eigenvalue weighted by Crippen LogP contribution is -2.42. The van der Waals surface area contributed by atoms with Crippen LogP contribution < -0.4 is 0 Å². The van der Waals surface area contributed by atoms with Gasteiger partial charge in [0.25, 0.3) is 11.8 Å². The minimum atomic E-state index is -1.42. The van der Waals surface area contributed by atoms with Crippen molar-refractivity contribution in [3.63, 3.8) is 0 Å². The first-order valence-electron chi connectivity index (χ1n) is 9.66. The second-order valence-corrected chi connectivity index (χ2v) is 8.72. The fourth-order valence-electron chi connectivity index (χ4n) is 3.54. The first kappa shape index (κ1) is 22.4. The average molecular weight is 440 g/mol. The molecule has 8 nitrogen and oxygen atoms in total. The number of rotatable bonds is 7. The third kappa shape index (κ3) is 5.05. The van der Waals surface area contributed by atoms with Crippen LogP contribution in [0.4, 0.5) is 4.39 Å². The van der Waals surface area contributed by atoms with Gasteiger partial charge >= 0.3 is 0 Å². The molecule has 1 fully saturated rings. The number of hydrogen-bond acceptors (Lipinski definition) is 6. The predicted octanol–water partition coefficient (Wildman–Crippen LogP) is 0.508. The predicted molar refractivity (Wildman–Crippen MR) is 109 cm³/mol. The monoisotopic (exact) mass is 439 g/mol. The molecule has 2 aliphatic heterocycles. The highest BCUT2D eigenvalue weighted by Gasteiger charge is 2.35. The SMILES string of the molecule is CN(Cc1ccc(F)cc1S(C)=O)C(=O)C1=C(O)C(=O)N(CCN2CCOCC2)C1. The highest BCUT2D eigenvalue weighted by Crippen LogP contribution is 2.22. The van der Waals surface area contributed by atoms with Gasteiger partial charge < -0.3 is 19.6 Å². The molecule has 0 radical (unpaired) electrons. The van der Waals surface area contributed by atoms with Crippen LogP contribution in [-0.2, 0) is 31.7 Å². The van der Waals surface area contributed by atoms with Gasteiger partial charge in [-0.25, -0.2) is 4.39 Å². The number of benzene rings is 1. The van der Waals surface area contributed by atoms with Gasteiger partial charge in [0.1, 0.15) is 5.82 Å². The number of carbonyl (C=O) groups is 2. The van der Waals surface area contributed by atoms with E-state index in [1.54, 1.807) is 0 Å². The Morgan fingerprint density at radius 2 is 2.00 bits per heavy atom. The number of morpholine rings is 1. The molecule has 10 heteroatoms. The Balaban J connectivity index is 1.64. The second kappa shape index (κ2) is 9.67. The fraction of sp³-hybridized carbons (Fsp3) is 0.500. The molecule has 0 saturated carbocycles. The summed E-state index contributed by atoms with van der Waals surface area (Å²) in [4.78, 5) is 30.5. The van der Waals surface area contributed by atoms with Gasteiger partial charge in [-0.15, -0.1) is 0 Å². The van der Waals surface area contributed by atoms with Crippen molar-refractivity contribution in [1.29, 1.82) is 0 Å². The van der Waals surface area contributed by atoms with Crippen LogP contribution in [0, 0.1) is 5.82 Å². The van der Waals surface area contributed by atoms with Crippen LogP contribution in [0.5, 0.6) is 0 Å². The molecule has 1 unspecified atom stereocenters. The number of aliphatic hydroxyl groups excluding tert-OH is 1. The van der Waals surface area contributed by atoms with Gasteiger partial charge in [-0.3, -0.25) is 18.7 Å². The van der Waals surface area contributed by atoms with E-state index in [1.165, 1.54) is 41.3 Å². The van der Waals surface area contributed by atoms with E-state index in [2.05, 4.69) is 4.90 Å². The molecular formula is C20H26FN3O5S. The molecule has 0 aliphatic carbocycles. The molecule has 3 rings (SSSR count). The van der Waals surface area contributed by atoms with Gasteiger partial charge in [0.2, 0.25) is 0 Å². The number of likely N-dealkylation sites (N-methyl/N-ethyl adjacent to an activating group) is 1. The largest absolute Gasteiger partial charge is 0.503 e. The Hall–Kier alpha value is -2.30. The van der Waals surface area contributed by atoms with Crippen molar-refractivity contribution in [3.8, 4) is 0 Å². The van der Waals surface area contributed by atoms with Gasteiger partial charge in [-0.2, -0.15) is 0 Å². The number of halogens is 1. The van der Waals surface area contributed by atoms with Crippen molar-refractivity contribution < 1.29 is 28.0 Å². The minimum Gasteiger partial charge on any atom is -0.503 e. The molecule has 1 aromatic rings. The van der Waals surface area contributed by atoms with Gasteiger partial charge in [-0.05, 0) is 17.7 Å². The molecule has 2 amide bonds. The number of aliphatic hydroxyl groups is 1. The number of hydrogen-bond donors (Lipinski definition) is 1. The minimum absolute atomic E-state index is 0.0331. The Kier molecular flexibility index (Phi) is 7.22. The van der Waals surface area contributed by atoms with Crippen molar-refractivity contribution in [3.05, 3.63) is 40.9 Å². The summed E-state index contributed by atoms with van der Waals surface area (Å²) in [5, 5.41) is 10.2. The zero-order chi connectivity index (χ0) is 21.8. The van der Waals surface area contributed by atoms with E-state index in [9.17, 15) is 23.3 Å². The van der Waals surface area contributed by atoms with E-state index in [4.69, 9.17) is 4.74 Å².